The molecule has 2 fully saturated rings. The van der Waals surface area contributed by atoms with Gasteiger partial charge in [-0.3, -0.25) is 14.4 Å². The number of imide groups is 1. The fourth-order valence-corrected chi connectivity index (χ4v) is 5.24. The van der Waals surface area contributed by atoms with Crippen LogP contribution in [0.3, 0.4) is 0 Å². The van der Waals surface area contributed by atoms with E-state index in [0.29, 0.717) is 22.7 Å². The topological polar surface area (TPSA) is 68.3 Å². The molecule has 7 nitrogen and oxygen atoms in total. The molecular weight excluding hydrogens is 456 g/mol. The van der Waals surface area contributed by atoms with Crippen LogP contribution >= 0.6 is 0 Å². The summed E-state index contributed by atoms with van der Waals surface area (Å²) in [6.45, 7) is 0. The number of carbonyl (C=O) groups is 2. The van der Waals surface area contributed by atoms with E-state index in [1.807, 2.05) is 72.8 Å². The zero-order valence-electron chi connectivity index (χ0n) is 19.8. The number of hydroxylamine groups is 1. The summed E-state index contributed by atoms with van der Waals surface area (Å²) in [5.41, 5.74) is 2.00. The van der Waals surface area contributed by atoms with Crippen molar-refractivity contribution in [1.82, 2.24) is 0 Å². The maximum atomic E-state index is 14.1. The number of para-hydroxylation sites is 1. The number of amides is 2. The average molecular weight is 481 g/mol. The molecule has 2 aliphatic heterocycles. The molecule has 0 bridgehead atoms. The number of fused-ring (bicyclic) bond motifs is 2. The lowest BCUT2D eigenvalue weighted by molar-refractivity contribution is -0.126. The Kier molecular flexibility index (Phi) is 5.34. The van der Waals surface area contributed by atoms with E-state index in [4.69, 9.17) is 14.3 Å². The molecule has 36 heavy (non-hydrogen) atoms. The van der Waals surface area contributed by atoms with Crippen molar-refractivity contribution < 1.29 is 23.9 Å². The van der Waals surface area contributed by atoms with Crippen LogP contribution in [0, 0.1) is 5.92 Å². The second-order valence-corrected chi connectivity index (χ2v) is 8.78. The van der Waals surface area contributed by atoms with E-state index in [1.165, 1.54) is 4.90 Å². The molecule has 4 aromatic rings. The van der Waals surface area contributed by atoms with E-state index in [1.54, 1.807) is 37.5 Å². The second-order valence-electron chi connectivity index (χ2n) is 8.78. The fourth-order valence-electron chi connectivity index (χ4n) is 5.24. The molecular formula is C29H24N2O5. The molecule has 180 valence electrons. The van der Waals surface area contributed by atoms with Crippen molar-refractivity contribution in [3.63, 3.8) is 0 Å². The Balaban J connectivity index is 1.50. The number of ether oxygens (including phenoxy) is 2. The van der Waals surface area contributed by atoms with Gasteiger partial charge in [-0.1, -0.05) is 54.6 Å². The summed E-state index contributed by atoms with van der Waals surface area (Å²) < 4.78 is 11.1. The molecule has 0 aromatic heterocycles. The standard InChI is InChI=1S/C29H24N2O5/c1-34-20-15-16-24(35-2)22(17-20)26-25-27(36-31(26)19-11-4-3-5-12-19)29(33)30(28(25)32)23-14-8-10-18-9-6-7-13-21(18)23/h3-17,25-27H,1-2H3/t25-,26+,27-/m1/s1. The Labute approximate surface area is 208 Å². The van der Waals surface area contributed by atoms with Gasteiger partial charge in [-0.15, -0.1) is 0 Å². The minimum Gasteiger partial charge on any atom is -0.497 e. The molecule has 0 unspecified atom stereocenters. The van der Waals surface area contributed by atoms with Crippen LogP contribution in [0.15, 0.2) is 91.0 Å². The van der Waals surface area contributed by atoms with Gasteiger partial charge in [-0.25, -0.2) is 9.96 Å². The van der Waals surface area contributed by atoms with Crippen LogP contribution in [-0.2, 0) is 14.4 Å². The maximum absolute atomic E-state index is 14.1. The molecule has 4 aromatic carbocycles. The van der Waals surface area contributed by atoms with Crippen LogP contribution in [0.25, 0.3) is 10.8 Å². The van der Waals surface area contributed by atoms with Gasteiger partial charge in [-0.05, 0) is 41.8 Å². The number of anilines is 2. The third kappa shape index (κ3) is 3.31. The number of carbonyl (C=O) groups excluding carboxylic acids is 2. The van der Waals surface area contributed by atoms with Gasteiger partial charge in [0.25, 0.3) is 5.91 Å². The van der Waals surface area contributed by atoms with Crippen LogP contribution in [0.4, 0.5) is 11.4 Å². The third-order valence-electron chi connectivity index (χ3n) is 6.89. The van der Waals surface area contributed by atoms with E-state index in [0.717, 1.165) is 16.5 Å². The summed E-state index contributed by atoms with van der Waals surface area (Å²) in [4.78, 5) is 35.4. The highest BCUT2D eigenvalue weighted by atomic mass is 16.7. The first kappa shape index (κ1) is 22.1. The number of rotatable bonds is 5. The summed E-state index contributed by atoms with van der Waals surface area (Å²) in [6.07, 6.45) is -0.974. The van der Waals surface area contributed by atoms with Crippen molar-refractivity contribution in [2.75, 3.05) is 24.2 Å². The van der Waals surface area contributed by atoms with Crippen molar-refractivity contribution in [2.24, 2.45) is 5.92 Å². The second kappa shape index (κ2) is 8.70. The zero-order valence-corrected chi connectivity index (χ0v) is 19.8. The van der Waals surface area contributed by atoms with Gasteiger partial charge in [0, 0.05) is 10.9 Å². The molecule has 2 heterocycles. The maximum Gasteiger partial charge on any atom is 0.266 e. The first-order valence-electron chi connectivity index (χ1n) is 11.7. The molecule has 2 aliphatic rings. The fraction of sp³-hybridized carbons (Fsp3) is 0.172. The quantitative estimate of drug-likeness (QED) is 0.378. The minimum absolute atomic E-state index is 0.311. The van der Waals surface area contributed by atoms with Crippen molar-refractivity contribution in [1.29, 1.82) is 0 Å². The smallest absolute Gasteiger partial charge is 0.266 e. The van der Waals surface area contributed by atoms with Crippen LogP contribution in [-0.4, -0.2) is 32.1 Å². The van der Waals surface area contributed by atoms with Gasteiger partial charge in [-0.2, -0.15) is 0 Å². The molecule has 0 saturated carbocycles. The SMILES string of the molecule is COc1ccc(OC)c([C@H]2[C@H]3C(=O)N(c4cccc5ccccc45)C(=O)[C@@H]3ON2c2ccccc2)c1. The van der Waals surface area contributed by atoms with Gasteiger partial charge >= 0.3 is 0 Å². The first-order chi connectivity index (χ1) is 17.6. The predicted octanol–water partition coefficient (Wildman–Crippen LogP) is 4.91. The van der Waals surface area contributed by atoms with Crippen molar-refractivity contribution >= 4 is 34.0 Å². The van der Waals surface area contributed by atoms with Crippen LogP contribution in [0.1, 0.15) is 11.6 Å². The molecule has 2 amide bonds. The van der Waals surface area contributed by atoms with Crippen LogP contribution in [0.2, 0.25) is 0 Å². The highest BCUT2D eigenvalue weighted by Crippen LogP contribution is 2.50. The van der Waals surface area contributed by atoms with Crippen molar-refractivity contribution in [2.45, 2.75) is 12.1 Å². The van der Waals surface area contributed by atoms with Crippen molar-refractivity contribution in [3.8, 4) is 11.5 Å². The lowest BCUT2D eigenvalue weighted by Gasteiger charge is -2.30. The Bertz CT molecular complexity index is 1470. The molecule has 0 aliphatic carbocycles. The lowest BCUT2D eigenvalue weighted by Crippen LogP contribution is -2.37. The first-order valence-corrected chi connectivity index (χ1v) is 11.7. The van der Waals surface area contributed by atoms with Crippen molar-refractivity contribution in [3.05, 3.63) is 96.6 Å². The van der Waals surface area contributed by atoms with Gasteiger partial charge in [0.15, 0.2) is 6.10 Å². The van der Waals surface area contributed by atoms with Gasteiger partial charge < -0.3 is 9.47 Å². The summed E-state index contributed by atoms with van der Waals surface area (Å²) in [6, 6.07) is 27.6. The Morgan fingerprint density at radius 2 is 1.53 bits per heavy atom. The number of methoxy groups -OCH3 is 2. The zero-order chi connectivity index (χ0) is 24.8. The molecule has 0 N–H and O–H groups in total. The molecule has 3 atom stereocenters. The Morgan fingerprint density at radius 3 is 2.31 bits per heavy atom. The van der Waals surface area contributed by atoms with Gasteiger partial charge in [0.1, 0.15) is 23.5 Å². The predicted molar refractivity (Wildman–Crippen MR) is 136 cm³/mol. The monoisotopic (exact) mass is 480 g/mol. The number of nitrogens with zero attached hydrogens (tertiary/aromatic N) is 2. The summed E-state index contributed by atoms with van der Waals surface area (Å²) in [5, 5.41) is 3.44. The van der Waals surface area contributed by atoms with E-state index < -0.39 is 18.1 Å². The summed E-state index contributed by atoms with van der Waals surface area (Å²) in [5.74, 6) is -0.279. The molecule has 2 saturated heterocycles. The largest absolute Gasteiger partial charge is 0.497 e. The number of benzene rings is 4. The van der Waals surface area contributed by atoms with Crippen LogP contribution < -0.4 is 19.4 Å². The Hall–Kier alpha value is -4.36. The van der Waals surface area contributed by atoms with E-state index in [2.05, 4.69) is 0 Å². The minimum atomic E-state index is -0.974. The summed E-state index contributed by atoms with van der Waals surface area (Å²) >= 11 is 0. The number of hydrogen-bond acceptors (Lipinski definition) is 6. The molecule has 0 spiro atoms. The normalized spacial score (nSPS) is 21.2. The van der Waals surface area contributed by atoms with E-state index in [-0.39, 0.29) is 11.8 Å². The molecule has 7 heteroatoms. The van der Waals surface area contributed by atoms with E-state index in [9.17, 15) is 9.59 Å². The summed E-state index contributed by atoms with van der Waals surface area (Å²) in [7, 11) is 3.16. The third-order valence-corrected chi connectivity index (χ3v) is 6.89. The average Bonchev–Trinajstić information content (AvgIpc) is 3.44. The molecule has 6 rings (SSSR count). The van der Waals surface area contributed by atoms with E-state index >= 15 is 0 Å². The van der Waals surface area contributed by atoms with Gasteiger partial charge in [0.05, 0.1) is 25.6 Å². The van der Waals surface area contributed by atoms with Crippen LogP contribution in [0.5, 0.6) is 11.5 Å². The highest BCUT2D eigenvalue weighted by Gasteiger charge is 2.61. The Morgan fingerprint density at radius 1 is 0.778 bits per heavy atom. The molecule has 0 radical (unpaired) electrons. The van der Waals surface area contributed by atoms with Gasteiger partial charge in [0.2, 0.25) is 5.91 Å². The highest BCUT2D eigenvalue weighted by molar-refractivity contribution is 6.26. The lowest BCUT2D eigenvalue weighted by atomic mass is 9.89. The number of hydrogen-bond donors (Lipinski definition) is 0.